The smallest absolute Gasteiger partial charge is 0.337 e. The Kier molecular flexibility index (Phi) is 5.80. The van der Waals surface area contributed by atoms with E-state index in [4.69, 9.17) is 4.74 Å². The highest BCUT2D eigenvalue weighted by molar-refractivity contribution is 14.2. The van der Waals surface area contributed by atoms with Crippen molar-refractivity contribution in [3.8, 4) is 22.8 Å². The normalized spacial score (nSPS) is 13.5. The molecule has 0 saturated heterocycles. The number of ether oxygens (including phenoxy) is 1. The zero-order valence-corrected chi connectivity index (χ0v) is 18.5. The summed E-state index contributed by atoms with van der Waals surface area (Å²) in [5.74, 6) is 1.33. The number of aliphatic hydroxyl groups is 1. The summed E-state index contributed by atoms with van der Waals surface area (Å²) >= 11 is -0.565. The highest BCUT2D eigenvalue weighted by Gasteiger charge is 2.18. The molecule has 0 spiro atoms. The molecule has 0 amide bonds. The first-order chi connectivity index (χ1) is 14.6. The van der Waals surface area contributed by atoms with Crippen molar-refractivity contribution in [1.29, 1.82) is 0 Å². The van der Waals surface area contributed by atoms with Crippen molar-refractivity contribution < 1.29 is 14.6 Å². The van der Waals surface area contributed by atoms with E-state index in [1.54, 1.807) is 24.3 Å². The van der Waals surface area contributed by atoms with Crippen molar-refractivity contribution in [2.45, 2.75) is 6.92 Å². The highest BCUT2D eigenvalue weighted by Crippen LogP contribution is 2.34. The molecule has 30 heavy (non-hydrogen) atoms. The fourth-order valence-corrected chi connectivity index (χ4v) is 5.16. The maximum atomic E-state index is 11.7. The molecule has 6 nitrogen and oxygen atoms in total. The second-order valence-corrected chi connectivity index (χ2v) is 8.91. The summed E-state index contributed by atoms with van der Waals surface area (Å²) in [6, 6.07) is 16.6. The molecule has 1 aliphatic rings. The number of hydrogen-bond donors (Lipinski definition) is 1. The second kappa shape index (κ2) is 8.66. The summed E-state index contributed by atoms with van der Waals surface area (Å²) in [7, 11) is 1.35. The molecular formula is C23H18IN3O3. The molecule has 150 valence electrons. The van der Waals surface area contributed by atoms with E-state index < -0.39 is 26.7 Å². The van der Waals surface area contributed by atoms with E-state index in [9.17, 15) is 9.90 Å². The number of hydrogen-bond acceptors (Lipinski definition) is 6. The van der Waals surface area contributed by atoms with Crippen molar-refractivity contribution in [3.63, 3.8) is 0 Å². The SMILES string of the molecule is COC(=O)c1ccc(-c2nc(C3=C(O)C(C)=CC=I3)nc(-c3ccccc3)n2)cc1. The monoisotopic (exact) mass is 511 g/mol. The second-order valence-electron chi connectivity index (χ2n) is 6.49. The lowest BCUT2D eigenvalue weighted by Crippen LogP contribution is -2.04. The van der Waals surface area contributed by atoms with Gasteiger partial charge in [0.15, 0.2) is 17.5 Å². The molecule has 4 rings (SSSR count). The lowest BCUT2D eigenvalue weighted by atomic mass is 10.1. The number of carbonyl (C=O) groups excluding carboxylic acids is 1. The van der Waals surface area contributed by atoms with Crippen LogP contribution in [0.3, 0.4) is 0 Å². The Morgan fingerprint density at radius 1 is 0.900 bits per heavy atom. The average Bonchev–Trinajstić information content (AvgIpc) is 2.80. The molecule has 0 saturated carbocycles. The Bertz CT molecular complexity index is 1200. The van der Waals surface area contributed by atoms with Gasteiger partial charge < -0.3 is 9.84 Å². The lowest BCUT2D eigenvalue weighted by molar-refractivity contribution is 0.0600. The van der Waals surface area contributed by atoms with E-state index in [1.165, 1.54) is 7.11 Å². The van der Waals surface area contributed by atoms with Crippen LogP contribution in [0.2, 0.25) is 0 Å². The molecule has 2 heterocycles. The van der Waals surface area contributed by atoms with Gasteiger partial charge >= 0.3 is 5.97 Å². The lowest BCUT2D eigenvalue weighted by Gasteiger charge is -2.12. The van der Waals surface area contributed by atoms with Crippen LogP contribution in [0, 0.1) is 0 Å². The van der Waals surface area contributed by atoms with E-state index in [1.807, 2.05) is 43.3 Å². The van der Waals surface area contributed by atoms with Crippen LogP contribution < -0.4 is 0 Å². The van der Waals surface area contributed by atoms with Crippen LogP contribution in [0.1, 0.15) is 23.1 Å². The molecule has 1 aliphatic heterocycles. The predicted molar refractivity (Wildman–Crippen MR) is 125 cm³/mol. The van der Waals surface area contributed by atoms with Crippen LogP contribution in [-0.2, 0) is 4.74 Å². The van der Waals surface area contributed by atoms with E-state index in [0.717, 1.165) is 20.3 Å². The van der Waals surface area contributed by atoms with Gasteiger partial charge in [0.1, 0.15) is 5.76 Å². The Morgan fingerprint density at radius 2 is 1.50 bits per heavy atom. The molecule has 3 aromatic rings. The maximum Gasteiger partial charge on any atom is 0.337 e. The Hall–Kier alpha value is -3.20. The minimum atomic E-state index is -0.565. The van der Waals surface area contributed by atoms with Crippen LogP contribution in [-0.4, -0.2) is 37.1 Å². The van der Waals surface area contributed by atoms with E-state index in [0.29, 0.717) is 23.0 Å². The zero-order valence-electron chi connectivity index (χ0n) is 16.3. The van der Waals surface area contributed by atoms with E-state index in [-0.39, 0.29) is 5.76 Å². The van der Waals surface area contributed by atoms with Gasteiger partial charge in [0.25, 0.3) is 0 Å². The molecule has 0 unspecified atom stereocenters. The van der Waals surface area contributed by atoms with Crippen molar-refractivity contribution >= 4 is 34.3 Å². The topological polar surface area (TPSA) is 85.2 Å². The van der Waals surface area contributed by atoms with Crippen molar-refractivity contribution in [1.82, 2.24) is 15.0 Å². The standard InChI is InChI=1S/C23H18IN3O3/c1-14-12-13-24-18(19(14)28)22-26-20(15-6-4-3-5-7-15)25-21(27-22)16-8-10-17(11-9-16)23(29)30-2/h3-13,28H,1-2H3. The third-order valence-electron chi connectivity index (χ3n) is 4.49. The molecule has 0 radical (unpaired) electrons. The third-order valence-corrected chi connectivity index (χ3v) is 6.83. The fourth-order valence-electron chi connectivity index (χ4n) is 2.84. The number of esters is 1. The number of carbonyl (C=O) groups is 1. The molecule has 1 N–H and O–H groups in total. The molecule has 7 heteroatoms. The van der Waals surface area contributed by atoms with Gasteiger partial charge in [0, 0.05) is 11.1 Å². The van der Waals surface area contributed by atoms with Crippen molar-refractivity contribution in [2.75, 3.05) is 7.11 Å². The van der Waals surface area contributed by atoms with Gasteiger partial charge in [-0.2, -0.15) is 0 Å². The highest BCUT2D eigenvalue weighted by atomic mass is 127. The van der Waals surface area contributed by atoms with Gasteiger partial charge in [-0.15, -0.1) is 0 Å². The van der Waals surface area contributed by atoms with Crippen LogP contribution in [0.5, 0.6) is 0 Å². The van der Waals surface area contributed by atoms with Crippen LogP contribution >= 0.6 is 20.7 Å². The predicted octanol–water partition coefficient (Wildman–Crippen LogP) is 4.95. The average molecular weight is 511 g/mol. The summed E-state index contributed by atoms with van der Waals surface area (Å²) < 4.78 is 7.61. The summed E-state index contributed by atoms with van der Waals surface area (Å²) in [4.78, 5) is 25.7. The van der Waals surface area contributed by atoms with E-state index in [2.05, 4.69) is 19.0 Å². The first-order valence-electron chi connectivity index (χ1n) is 9.14. The quantitative estimate of drug-likeness (QED) is 0.394. The number of allylic oxidation sites excluding steroid dienone is 2. The molecule has 0 fully saturated rings. The minimum Gasteiger partial charge on any atom is -0.506 e. The molecule has 0 bridgehead atoms. The number of nitrogens with zero attached hydrogens (tertiary/aromatic N) is 3. The summed E-state index contributed by atoms with van der Waals surface area (Å²) in [5, 5.41) is 10.6. The molecule has 0 aliphatic carbocycles. The van der Waals surface area contributed by atoms with Gasteiger partial charge in [-0.1, -0.05) is 63.2 Å². The molecular weight excluding hydrogens is 493 g/mol. The Labute approximate surface area is 183 Å². The van der Waals surface area contributed by atoms with Crippen molar-refractivity contribution in [3.05, 3.63) is 83.4 Å². The van der Waals surface area contributed by atoms with E-state index >= 15 is 0 Å². The van der Waals surface area contributed by atoms with Gasteiger partial charge in [0.05, 0.1) is 16.3 Å². The maximum absolute atomic E-state index is 11.7. The zero-order chi connectivity index (χ0) is 21.1. The molecule has 0 atom stereocenters. The van der Waals surface area contributed by atoms with Crippen LogP contribution in [0.15, 0.2) is 72.0 Å². The number of aromatic nitrogens is 3. The largest absolute Gasteiger partial charge is 0.506 e. The summed E-state index contributed by atoms with van der Waals surface area (Å²) in [6.45, 7) is 1.86. The van der Waals surface area contributed by atoms with Crippen LogP contribution in [0.25, 0.3) is 26.4 Å². The van der Waals surface area contributed by atoms with Gasteiger partial charge in [-0.3, -0.25) is 0 Å². The summed E-state index contributed by atoms with van der Waals surface area (Å²) in [6.07, 6.45) is 1.93. The number of aliphatic hydroxyl groups excluding tert-OH is 1. The van der Waals surface area contributed by atoms with Crippen LogP contribution in [0.4, 0.5) is 0 Å². The number of benzene rings is 2. The fraction of sp³-hybridized carbons (Fsp3) is 0.0870. The number of methoxy groups -OCH3 is 1. The number of halogens is 1. The first kappa shape index (κ1) is 20.1. The molecule has 2 aromatic carbocycles. The van der Waals surface area contributed by atoms with Gasteiger partial charge in [-0.05, 0) is 34.7 Å². The minimum absolute atomic E-state index is 0.238. The first-order valence-corrected chi connectivity index (χ1v) is 11.5. The Balaban J connectivity index is 1.87. The summed E-state index contributed by atoms with van der Waals surface area (Å²) in [5.41, 5.74) is 2.85. The Morgan fingerprint density at radius 3 is 2.13 bits per heavy atom. The van der Waals surface area contributed by atoms with Crippen molar-refractivity contribution in [2.24, 2.45) is 0 Å². The third kappa shape index (κ3) is 4.06. The van der Waals surface area contributed by atoms with Gasteiger partial charge in [-0.25, -0.2) is 19.7 Å². The van der Waals surface area contributed by atoms with Gasteiger partial charge in [0.2, 0.25) is 0 Å². The number of rotatable bonds is 4. The molecule has 1 aromatic heterocycles.